The highest BCUT2D eigenvalue weighted by molar-refractivity contribution is 7.87. The molecule has 1 unspecified atom stereocenters. The summed E-state index contributed by atoms with van der Waals surface area (Å²) in [5.74, 6) is 0.0470. The Kier molecular flexibility index (Phi) is 5.54. The molecule has 1 fully saturated rings. The van der Waals surface area contributed by atoms with Gasteiger partial charge in [0.05, 0.1) is 5.60 Å². The Hall–Kier alpha value is -0.210. The van der Waals surface area contributed by atoms with Gasteiger partial charge in [0, 0.05) is 33.4 Å². The molecule has 0 bridgehead atoms. The average Bonchev–Trinajstić information content (AvgIpc) is 2.37. The molecule has 0 spiro atoms. The Morgan fingerprint density at radius 3 is 2.72 bits per heavy atom. The van der Waals surface area contributed by atoms with Crippen molar-refractivity contribution in [3.05, 3.63) is 0 Å². The molecule has 1 atom stereocenters. The monoisotopic (exact) mass is 280 g/mol. The van der Waals surface area contributed by atoms with Crippen molar-refractivity contribution in [1.29, 1.82) is 0 Å². The third-order valence-corrected chi connectivity index (χ3v) is 4.83. The van der Waals surface area contributed by atoms with Gasteiger partial charge in [0.2, 0.25) is 0 Å². The molecule has 0 aliphatic carbocycles. The maximum atomic E-state index is 12.1. The predicted molar refractivity (Wildman–Crippen MR) is 69.4 cm³/mol. The van der Waals surface area contributed by atoms with Crippen LogP contribution in [0.25, 0.3) is 0 Å². The number of piperidine rings is 1. The van der Waals surface area contributed by atoms with E-state index < -0.39 is 15.8 Å². The maximum Gasteiger partial charge on any atom is 0.279 e. The van der Waals surface area contributed by atoms with Crippen LogP contribution in [-0.4, -0.2) is 56.8 Å². The van der Waals surface area contributed by atoms with E-state index in [1.54, 1.807) is 7.11 Å². The van der Waals surface area contributed by atoms with E-state index in [0.29, 0.717) is 13.1 Å². The summed E-state index contributed by atoms with van der Waals surface area (Å²) in [4.78, 5) is 0. The molecular formula is C11H24N2O4S. The van der Waals surface area contributed by atoms with Crippen LogP contribution in [0.1, 0.15) is 26.7 Å². The van der Waals surface area contributed by atoms with Gasteiger partial charge in [0.15, 0.2) is 0 Å². The molecule has 1 aliphatic rings. The number of hydrogen-bond donors (Lipinski definition) is 2. The summed E-state index contributed by atoms with van der Waals surface area (Å²) in [5, 5.41) is 9.11. The number of aliphatic hydroxyl groups is 1. The lowest BCUT2D eigenvalue weighted by Gasteiger charge is -2.32. The highest BCUT2D eigenvalue weighted by Crippen LogP contribution is 2.18. The third kappa shape index (κ3) is 4.47. The Morgan fingerprint density at radius 1 is 1.50 bits per heavy atom. The SMILES string of the molecule is COC(C)(C)CNS(=O)(=O)N1CCCC(CO)C1. The smallest absolute Gasteiger partial charge is 0.279 e. The fraction of sp³-hybridized carbons (Fsp3) is 1.00. The minimum absolute atomic E-state index is 0.0373. The van der Waals surface area contributed by atoms with Crippen molar-refractivity contribution in [2.75, 3.05) is 33.4 Å². The van der Waals surface area contributed by atoms with Crippen LogP contribution in [0.4, 0.5) is 0 Å². The molecule has 0 aromatic carbocycles. The van der Waals surface area contributed by atoms with E-state index >= 15 is 0 Å². The van der Waals surface area contributed by atoms with Crippen molar-refractivity contribution in [3.8, 4) is 0 Å². The van der Waals surface area contributed by atoms with Crippen LogP contribution in [0.2, 0.25) is 0 Å². The molecule has 6 nitrogen and oxygen atoms in total. The second-order valence-corrected chi connectivity index (χ2v) is 7.09. The number of aliphatic hydroxyl groups excluding tert-OH is 1. The predicted octanol–water partition coefficient (Wildman–Crippen LogP) is -0.0499. The standard InChI is InChI=1S/C11H24N2O4S/c1-11(2,17-3)9-12-18(15,16)13-6-4-5-10(7-13)8-14/h10,12,14H,4-9H2,1-3H3. The molecule has 0 radical (unpaired) electrons. The average molecular weight is 280 g/mol. The van der Waals surface area contributed by atoms with E-state index in [1.807, 2.05) is 13.8 Å². The van der Waals surface area contributed by atoms with E-state index in [0.717, 1.165) is 12.8 Å². The Morgan fingerprint density at radius 2 is 2.17 bits per heavy atom. The number of ether oxygens (including phenoxy) is 1. The van der Waals surface area contributed by atoms with Crippen molar-refractivity contribution in [1.82, 2.24) is 9.03 Å². The zero-order chi connectivity index (χ0) is 13.8. The molecule has 0 amide bonds. The first-order valence-corrected chi connectivity index (χ1v) is 7.65. The molecule has 1 saturated heterocycles. The van der Waals surface area contributed by atoms with E-state index in [4.69, 9.17) is 9.84 Å². The Labute approximate surface area is 109 Å². The van der Waals surface area contributed by atoms with Crippen molar-refractivity contribution >= 4 is 10.2 Å². The van der Waals surface area contributed by atoms with Gasteiger partial charge in [-0.1, -0.05) is 0 Å². The summed E-state index contributed by atoms with van der Waals surface area (Å²) in [5.41, 5.74) is -0.529. The van der Waals surface area contributed by atoms with Crippen molar-refractivity contribution in [3.63, 3.8) is 0 Å². The lowest BCUT2D eigenvalue weighted by molar-refractivity contribution is 0.0272. The van der Waals surface area contributed by atoms with Gasteiger partial charge in [-0.3, -0.25) is 0 Å². The van der Waals surface area contributed by atoms with Gasteiger partial charge >= 0.3 is 0 Å². The lowest BCUT2D eigenvalue weighted by atomic mass is 10.0. The number of nitrogens with zero attached hydrogens (tertiary/aromatic N) is 1. The number of rotatable bonds is 6. The van der Waals surface area contributed by atoms with Crippen LogP contribution in [0.5, 0.6) is 0 Å². The Bertz CT molecular complexity index is 356. The zero-order valence-corrected chi connectivity index (χ0v) is 12.2. The lowest BCUT2D eigenvalue weighted by Crippen LogP contribution is -2.50. The van der Waals surface area contributed by atoms with Gasteiger partial charge < -0.3 is 9.84 Å². The van der Waals surface area contributed by atoms with Crippen LogP contribution in [0, 0.1) is 5.92 Å². The molecule has 0 saturated carbocycles. The second-order valence-electron chi connectivity index (χ2n) is 5.34. The maximum absolute atomic E-state index is 12.1. The summed E-state index contributed by atoms with van der Waals surface area (Å²) < 4.78 is 33.3. The molecule has 2 N–H and O–H groups in total. The minimum Gasteiger partial charge on any atom is -0.396 e. The molecule has 18 heavy (non-hydrogen) atoms. The molecule has 1 aliphatic heterocycles. The summed E-state index contributed by atoms with van der Waals surface area (Å²) in [6.07, 6.45) is 1.67. The van der Waals surface area contributed by atoms with Crippen LogP contribution in [-0.2, 0) is 14.9 Å². The molecule has 7 heteroatoms. The second kappa shape index (κ2) is 6.29. The first-order valence-electron chi connectivity index (χ1n) is 6.21. The Balaban J connectivity index is 2.58. The molecule has 0 aromatic heterocycles. The quantitative estimate of drug-likeness (QED) is 0.715. The van der Waals surface area contributed by atoms with E-state index in [1.165, 1.54) is 4.31 Å². The molecule has 108 valence electrons. The summed E-state index contributed by atoms with van der Waals surface area (Å²) in [6.45, 7) is 4.81. The van der Waals surface area contributed by atoms with Gasteiger partial charge in [0.1, 0.15) is 0 Å². The van der Waals surface area contributed by atoms with E-state index in [9.17, 15) is 8.42 Å². The van der Waals surface area contributed by atoms with Crippen molar-refractivity contribution < 1.29 is 18.3 Å². The minimum atomic E-state index is -3.48. The fourth-order valence-corrected chi connectivity index (χ4v) is 3.31. The van der Waals surface area contributed by atoms with Crippen LogP contribution in [0.15, 0.2) is 0 Å². The van der Waals surface area contributed by atoms with Gasteiger partial charge in [-0.05, 0) is 32.6 Å². The van der Waals surface area contributed by atoms with Crippen LogP contribution in [0.3, 0.4) is 0 Å². The van der Waals surface area contributed by atoms with Crippen molar-refractivity contribution in [2.45, 2.75) is 32.3 Å². The molecule has 0 aromatic rings. The molecular weight excluding hydrogens is 256 g/mol. The molecule has 1 rings (SSSR count). The number of hydrogen-bond acceptors (Lipinski definition) is 4. The van der Waals surface area contributed by atoms with Gasteiger partial charge in [-0.2, -0.15) is 17.4 Å². The number of methoxy groups -OCH3 is 1. The third-order valence-electron chi connectivity index (χ3n) is 3.31. The first-order chi connectivity index (χ1) is 8.30. The fourth-order valence-electron chi connectivity index (χ4n) is 1.82. The highest BCUT2D eigenvalue weighted by atomic mass is 32.2. The number of nitrogens with one attached hydrogen (secondary N) is 1. The first kappa shape index (κ1) is 15.8. The summed E-state index contributed by atoms with van der Waals surface area (Å²) >= 11 is 0. The van der Waals surface area contributed by atoms with Gasteiger partial charge in [-0.25, -0.2) is 0 Å². The summed E-state index contributed by atoms with van der Waals surface area (Å²) in [7, 11) is -1.92. The topological polar surface area (TPSA) is 78.9 Å². The molecule has 1 heterocycles. The van der Waals surface area contributed by atoms with Gasteiger partial charge in [0.25, 0.3) is 10.2 Å². The van der Waals surface area contributed by atoms with Crippen LogP contribution < -0.4 is 4.72 Å². The van der Waals surface area contributed by atoms with Gasteiger partial charge in [-0.15, -0.1) is 0 Å². The largest absolute Gasteiger partial charge is 0.396 e. The van der Waals surface area contributed by atoms with E-state index in [2.05, 4.69) is 4.72 Å². The summed E-state index contributed by atoms with van der Waals surface area (Å²) in [6, 6.07) is 0. The zero-order valence-electron chi connectivity index (χ0n) is 11.3. The normalized spacial score (nSPS) is 23.2. The van der Waals surface area contributed by atoms with E-state index in [-0.39, 0.29) is 19.1 Å². The highest BCUT2D eigenvalue weighted by Gasteiger charge is 2.30. The van der Waals surface area contributed by atoms with Crippen LogP contribution >= 0.6 is 0 Å². The van der Waals surface area contributed by atoms with Crippen molar-refractivity contribution in [2.24, 2.45) is 5.92 Å².